The molecule has 3 rings (SSSR count). The van der Waals surface area contributed by atoms with Gasteiger partial charge in [0.1, 0.15) is 24.2 Å². The second-order valence-electron chi connectivity index (χ2n) is 4.24. The minimum absolute atomic E-state index is 0.198. The maximum absolute atomic E-state index is 9.73. The predicted octanol–water partition coefficient (Wildman–Crippen LogP) is -0.704. The van der Waals surface area contributed by atoms with Crippen LogP contribution in [0, 0.1) is 5.92 Å². The molecular formula is C10H11ClN4O4. The molecule has 0 bridgehead atoms. The fraction of sp³-hybridized carbons (Fsp3) is 0.500. The average Bonchev–Trinajstić information content (AvgIpc) is 2.93. The number of aromatic nitrogens is 4. The van der Waals surface area contributed by atoms with Gasteiger partial charge in [-0.2, -0.15) is 0 Å². The Morgan fingerprint density at radius 3 is 2.84 bits per heavy atom. The minimum Gasteiger partial charge on any atom is -0.396 e. The molecule has 4 atom stereocenters. The number of ether oxygens (including phenoxy) is 1. The zero-order chi connectivity index (χ0) is 13.6. The van der Waals surface area contributed by atoms with Crippen LogP contribution in [-0.4, -0.2) is 53.8 Å². The highest BCUT2D eigenvalue weighted by Gasteiger charge is 2.44. The van der Waals surface area contributed by atoms with Crippen LogP contribution >= 0.6 is 11.6 Å². The molecule has 0 saturated carbocycles. The molecule has 102 valence electrons. The van der Waals surface area contributed by atoms with Gasteiger partial charge in [0.05, 0.1) is 18.9 Å². The summed E-state index contributed by atoms with van der Waals surface area (Å²) in [4.78, 5) is 11.9. The number of fused-ring (bicyclic) bond motifs is 1. The first-order valence-corrected chi connectivity index (χ1v) is 5.96. The molecule has 0 radical (unpaired) electrons. The van der Waals surface area contributed by atoms with E-state index in [4.69, 9.17) is 16.3 Å². The average molecular weight is 287 g/mol. The fourth-order valence-electron chi connectivity index (χ4n) is 2.18. The molecule has 2 aromatic heterocycles. The molecule has 2 aromatic rings. The van der Waals surface area contributed by atoms with Crippen molar-refractivity contribution in [3.63, 3.8) is 0 Å². The fourth-order valence-corrected chi connectivity index (χ4v) is 2.36. The normalized spacial score (nSPS) is 31.2. The van der Waals surface area contributed by atoms with Crippen LogP contribution in [-0.2, 0) is 4.74 Å². The highest BCUT2D eigenvalue weighted by Crippen LogP contribution is 2.35. The van der Waals surface area contributed by atoms with Gasteiger partial charge in [0.25, 0.3) is 0 Å². The van der Waals surface area contributed by atoms with E-state index in [0.717, 1.165) is 0 Å². The van der Waals surface area contributed by atoms with Crippen molar-refractivity contribution < 1.29 is 20.1 Å². The highest BCUT2D eigenvalue weighted by atomic mass is 35.5. The van der Waals surface area contributed by atoms with Crippen LogP contribution in [0.25, 0.3) is 11.2 Å². The van der Waals surface area contributed by atoms with E-state index in [2.05, 4.69) is 15.0 Å². The molecule has 3 N–H and O–H groups in total. The number of hydrogen-bond acceptors (Lipinski definition) is 7. The summed E-state index contributed by atoms with van der Waals surface area (Å²) < 4.78 is 6.74. The van der Waals surface area contributed by atoms with Crippen LogP contribution < -0.4 is 0 Å². The highest BCUT2D eigenvalue weighted by molar-refractivity contribution is 6.33. The summed E-state index contributed by atoms with van der Waals surface area (Å²) in [6.07, 6.45) is -0.616. The maximum Gasteiger partial charge on any atom is 0.183 e. The van der Waals surface area contributed by atoms with E-state index < -0.39 is 24.5 Å². The third kappa shape index (κ3) is 1.88. The van der Waals surface area contributed by atoms with Crippen molar-refractivity contribution in [3.05, 3.63) is 17.8 Å². The molecule has 1 fully saturated rings. The van der Waals surface area contributed by atoms with Gasteiger partial charge < -0.3 is 20.1 Å². The van der Waals surface area contributed by atoms with E-state index in [0.29, 0.717) is 11.2 Å². The van der Waals surface area contributed by atoms with E-state index in [1.165, 1.54) is 17.2 Å². The summed E-state index contributed by atoms with van der Waals surface area (Å²) in [5.74, 6) is -0.679. The third-order valence-corrected chi connectivity index (χ3v) is 3.45. The zero-order valence-corrected chi connectivity index (χ0v) is 10.3. The van der Waals surface area contributed by atoms with E-state index in [1.54, 1.807) is 0 Å². The Morgan fingerprint density at radius 1 is 1.32 bits per heavy atom. The number of imidazole rings is 1. The smallest absolute Gasteiger partial charge is 0.183 e. The summed E-state index contributed by atoms with van der Waals surface area (Å²) >= 11 is 5.89. The zero-order valence-electron chi connectivity index (χ0n) is 9.59. The number of aliphatic hydroxyl groups is 3. The van der Waals surface area contributed by atoms with Crippen molar-refractivity contribution in [2.75, 3.05) is 6.61 Å². The number of rotatable bonds is 2. The Labute approximate surface area is 112 Å². The van der Waals surface area contributed by atoms with E-state index >= 15 is 0 Å². The first kappa shape index (κ1) is 12.7. The third-order valence-electron chi connectivity index (χ3n) is 3.18. The van der Waals surface area contributed by atoms with Gasteiger partial charge in [-0.1, -0.05) is 11.6 Å². The Kier molecular flexibility index (Phi) is 3.11. The Balaban J connectivity index is 2.07. The molecule has 9 heteroatoms. The van der Waals surface area contributed by atoms with Crippen LogP contribution in [0.2, 0.25) is 5.15 Å². The second-order valence-corrected chi connectivity index (χ2v) is 4.60. The molecular weight excluding hydrogens is 276 g/mol. The van der Waals surface area contributed by atoms with Crippen LogP contribution in [0.15, 0.2) is 12.7 Å². The summed E-state index contributed by atoms with van der Waals surface area (Å²) in [6.45, 7) is -0.346. The van der Waals surface area contributed by atoms with Crippen LogP contribution in [0.5, 0.6) is 0 Å². The van der Waals surface area contributed by atoms with Gasteiger partial charge in [-0.3, -0.25) is 4.57 Å². The predicted molar refractivity (Wildman–Crippen MR) is 63.0 cm³/mol. The number of nitrogens with zero attached hydrogens (tertiary/aromatic N) is 4. The van der Waals surface area contributed by atoms with Crippen molar-refractivity contribution in [2.45, 2.75) is 18.6 Å². The van der Waals surface area contributed by atoms with Crippen molar-refractivity contribution in [2.24, 2.45) is 5.92 Å². The number of aliphatic hydroxyl groups excluding tert-OH is 3. The number of halogens is 1. The Bertz CT molecular complexity index is 606. The summed E-state index contributed by atoms with van der Waals surface area (Å²) in [6, 6.07) is 0. The first-order chi connectivity index (χ1) is 9.13. The lowest BCUT2D eigenvalue weighted by molar-refractivity contribution is -0.140. The minimum atomic E-state index is -1.36. The molecule has 1 aliphatic heterocycles. The van der Waals surface area contributed by atoms with Crippen molar-refractivity contribution in [1.82, 2.24) is 19.5 Å². The van der Waals surface area contributed by atoms with Crippen LogP contribution in [0.3, 0.4) is 0 Å². The van der Waals surface area contributed by atoms with E-state index in [-0.39, 0.29) is 11.8 Å². The molecule has 19 heavy (non-hydrogen) atoms. The number of hydrogen-bond donors (Lipinski definition) is 3. The van der Waals surface area contributed by atoms with Gasteiger partial charge in [-0.15, -0.1) is 0 Å². The van der Waals surface area contributed by atoms with Gasteiger partial charge in [-0.05, 0) is 0 Å². The lowest BCUT2D eigenvalue weighted by atomic mass is 10.0. The molecule has 8 nitrogen and oxygen atoms in total. The van der Waals surface area contributed by atoms with E-state index in [1.807, 2.05) is 0 Å². The van der Waals surface area contributed by atoms with Gasteiger partial charge >= 0.3 is 0 Å². The molecule has 0 unspecified atom stereocenters. The van der Waals surface area contributed by atoms with Gasteiger partial charge in [0, 0.05) is 0 Å². The van der Waals surface area contributed by atoms with E-state index in [9.17, 15) is 15.3 Å². The van der Waals surface area contributed by atoms with Gasteiger partial charge in [0.2, 0.25) is 0 Å². The maximum atomic E-state index is 9.73. The summed E-state index contributed by atoms with van der Waals surface area (Å²) in [7, 11) is 0. The van der Waals surface area contributed by atoms with Crippen LogP contribution in [0.1, 0.15) is 6.23 Å². The quantitative estimate of drug-likeness (QED) is 0.625. The van der Waals surface area contributed by atoms with Crippen molar-refractivity contribution in [1.29, 1.82) is 0 Å². The molecule has 3 heterocycles. The van der Waals surface area contributed by atoms with Crippen molar-refractivity contribution >= 4 is 22.8 Å². The molecule has 0 spiro atoms. The molecule has 0 amide bonds. The van der Waals surface area contributed by atoms with Gasteiger partial charge in [-0.25, -0.2) is 15.0 Å². The first-order valence-electron chi connectivity index (χ1n) is 5.59. The monoisotopic (exact) mass is 286 g/mol. The Hall–Kier alpha value is -1.32. The molecule has 0 aromatic carbocycles. The lowest BCUT2D eigenvalue weighted by Gasteiger charge is -2.18. The summed E-state index contributed by atoms with van der Waals surface area (Å²) in [5, 5.41) is 28.7. The molecule has 1 saturated heterocycles. The van der Waals surface area contributed by atoms with Gasteiger partial charge in [0.15, 0.2) is 17.1 Å². The molecule has 1 aliphatic rings. The largest absolute Gasteiger partial charge is 0.396 e. The van der Waals surface area contributed by atoms with Crippen molar-refractivity contribution in [3.8, 4) is 0 Å². The summed E-state index contributed by atoms with van der Waals surface area (Å²) in [5.41, 5.74) is 0.796. The SMILES string of the molecule is OC[C@@H]1[C@@H](O)[C@@H](O)O[C@@H]1n1cnc2c(Cl)ncnc21. The standard InChI is InChI=1S/C10H11ClN4O4/c11-7-5-8(13-2-12-7)15(3-14-5)9-4(1-16)6(17)10(18)19-9/h2-4,6,9-10,16-18H,1H2/t4-,6-,9+,10+/m1/s1. The van der Waals surface area contributed by atoms with Crippen LogP contribution in [0.4, 0.5) is 0 Å². The topological polar surface area (TPSA) is 114 Å². The lowest BCUT2D eigenvalue weighted by Crippen LogP contribution is -2.29. The second kappa shape index (κ2) is 4.66. The Morgan fingerprint density at radius 2 is 2.11 bits per heavy atom. The molecule has 0 aliphatic carbocycles.